The Morgan fingerprint density at radius 1 is 1.47 bits per heavy atom. The number of hydrogen-bond acceptors (Lipinski definition) is 3. The second-order valence-electron chi connectivity index (χ2n) is 3.24. The molecule has 1 rings (SSSR count). The van der Waals surface area contributed by atoms with Gasteiger partial charge in [-0.05, 0) is 18.7 Å². The van der Waals surface area contributed by atoms with Crippen molar-refractivity contribution in [2.75, 3.05) is 13.2 Å². The third kappa shape index (κ3) is 3.87. The zero-order valence-electron chi connectivity index (χ0n) is 9.10. The molecule has 3 N–H and O–H groups in total. The first-order chi connectivity index (χ1) is 8.06. The van der Waals surface area contributed by atoms with Crippen LogP contribution in [-0.2, 0) is 11.3 Å². The largest absolute Gasteiger partial charge is 0.478 e. The van der Waals surface area contributed by atoms with Crippen molar-refractivity contribution in [3.8, 4) is 0 Å². The maximum Gasteiger partial charge on any atom is 0.179 e. The van der Waals surface area contributed by atoms with Crippen LogP contribution in [0.4, 0.5) is 8.78 Å². The number of nitrogens with one attached hydrogen (secondary N) is 1. The van der Waals surface area contributed by atoms with Gasteiger partial charge in [0.05, 0.1) is 5.02 Å². The van der Waals surface area contributed by atoms with Gasteiger partial charge in [-0.15, -0.1) is 0 Å². The van der Waals surface area contributed by atoms with Crippen LogP contribution in [0.15, 0.2) is 24.6 Å². The summed E-state index contributed by atoms with van der Waals surface area (Å²) in [5.74, 6) is -1.26. The number of hydrogen-bond donors (Lipinski definition) is 2. The molecule has 0 aliphatic rings. The van der Waals surface area contributed by atoms with E-state index in [4.69, 9.17) is 22.1 Å². The maximum atomic E-state index is 13.5. The Morgan fingerprint density at radius 2 is 2.18 bits per heavy atom. The quantitative estimate of drug-likeness (QED) is 0.610. The first-order valence-corrected chi connectivity index (χ1v) is 5.32. The summed E-state index contributed by atoms with van der Waals surface area (Å²) in [6.07, 6.45) is 0. The number of ether oxygens (including phenoxy) is 1. The number of benzene rings is 1. The second kappa shape index (κ2) is 6.42. The number of nitrogens with two attached hydrogens (primary N) is 1. The summed E-state index contributed by atoms with van der Waals surface area (Å²) in [5, 5.41) is 2.50. The van der Waals surface area contributed by atoms with E-state index < -0.39 is 11.6 Å². The number of rotatable bonds is 6. The van der Waals surface area contributed by atoms with Crippen LogP contribution in [0.1, 0.15) is 5.56 Å². The highest BCUT2D eigenvalue weighted by Gasteiger charge is 2.12. The molecule has 0 fully saturated rings. The van der Waals surface area contributed by atoms with E-state index in [1.54, 1.807) is 0 Å². The highest BCUT2D eigenvalue weighted by atomic mass is 35.5. The van der Waals surface area contributed by atoms with Crippen LogP contribution < -0.4 is 11.1 Å². The van der Waals surface area contributed by atoms with Crippen LogP contribution in [0.25, 0.3) is 0 Å². The summed E-state index contributed by atoms with van der Waals surface area (Å²) in [6, 6.07) is 2.27. The highest BCUT2D eigenvalue weighted by molar-refractivity contribution is 6.30. The lowest BCUT2D eigenvalue weighted by Gasteiger charge is -2.12. The lowest BCUT2D eigenvalue weighted by molar-refractivity contribution is 0.199. The smallest absolute Gasteiger partial charge is 0.179 e. The molecule has 17 heavy (non-hydrogen) atoms. The minimum atomic E-state index is -0.786. The van der Waals surface area contributed by atoms with Crippen molar-refractivity contribution in [1.82, 2.24) is 5.32 Å². The van der Waals surface area contributed by atoms with Crippen LogP contribution in [-0.4, -0.2) is 13.2 Å². The molecule has 1 aromatic rings. The van der Waals surface area contributed by atoms with E-state index in [0.29, 0.717) is 6.54 Å². The highest BCUT2D eigenvalue weighted by Crippen LogP contribution is 2.20. The van der Waals surface area contributed by atoms with Crippen molar-refractivity contribution in [1.29, 1.82) is 0 Å². The molecule has 0 atom stereocenters. The molecule has 0 amide bonds. The zero-order chi connectivity index (χ0) is 12.8. The third-order valence-electron chi connectivity index (χ3n) is 2.00. The summed E-state index contributed by atoms with van der Waals surface area (Å²) in [4.78, 5) is 0. The van der Waals surface area contributed by atoms with Crippen LogP contribution in [0.3, 0.4) is 0 Å². The Morgan fingerprint density at radius 3 is 2.82 bits per heavy atom. The first kappa shape index (κ1) is 13.7. The van der Waals surface area contributed by atoms with Crippen LogP contribution in [0.5, 0.6) is 0 Å². The molecule has 0 radical (unpaired) electrons. The van der Waals surface area contributed by atoms with E-state index in [0.717, 1.165) is 12.1 Å². The molecule has 0 saturated heterocycles. The molecular weight excluding hydrogens is 250 g/mol. The Bertz CT molecular complexity index is 413. The summed E-state index contributed by atoms with van der Waals surface area (Å²) in [7, 11) is 0. The molecule has 0 spiro atoms. The summed E-state index contributed by atoms with van der Waals surface area (Å²) >= 11 is 5.55. The van der Waals surface area contributed by atoms with E-state index in [9.17, 15) is 8.78 Å². The van der Waals surface area contributed by atoms with Crippen molar-refractivity contribution in [2.45, 2.75) is 6.54 Å². The second-order valence-corrected chi connectivity index (χ2v) is 3.64. The minimum Gasteiger partial charge on any atom is -0.478 e. The lowest BCUT2D eigenvalue weighted by atomic mass is 10.2. The van der Waals surface area contributed by atoms with Gasteiger partial charge in [-0.1, -0.05) is 11.6 Å². The molecule has 0 heterocycles. The van der Waals surface area contributed by atoms with Gasteiger partial charge in [0.1, 0.15) is 18.2 Å². The van der Waals surface area contributed by atoms with Gasteiger partial charge in [0.2, 0.25) is 0 Å². The molecule has 94 valence electrons. The van der Waals surface area contributed by atoms with Gasteiger partial charge in [0.25, 0.3) is 0 Å². The molecular formula is C11H13ClF2N2O. The molecule has 1 aromatic carbocycles. The van der Waals surface area contributed by atoms with Crippen LogP contribution >= 0.6 is 11.6 Å². The average Bonchev–Trinajstić information content (AvgIpc) is 2.31. The SMILES string of the molecule is C=C(NCc1c(F)ccc(Cl)c1F)OCCN. The monoisotopic (exact) mass is 262 g/mol. The Labute approximate surface area is 103 Å². The molecule has 0 bridgehead atoms. The van der Waals surface area contributed by atoms with E-state index in [1.165, 1.54) is 0 Å². The van der Waals surface area contributed by atoms with E-state index in [1.807, 2.05) is 0 Å². The fourth-order valence-corrected chi connectivity index (χ4v) is 1.33. The summed E-state index contributed by atoms with van der Waals surface area (Å²) < 4.78 is 31.8. The normalized spacial score (nSPS) is 10.1. The fraction of sp³-hybridized carbons (Fsp3) is 0.273. The molecule has 0 aliphatic carbocycles. The van der Waals surface area contributed by atoms with Crippen LogP contribution in [0.2, 0.25) is 5.02 Å². The van der Waals surface area contributed by atoms with E-state index in [2.05, 4.69) is 11.9 Å². The van der Waals surface area contributed by atoms with Gasteiger partial charge in [0, 0.05) is 18.7 Å². The van der Waals surface area contributed by atoms with Gasteiger partial charge < -0.3 is 15.8 Å². The van der Waals surface area contributed by atoms with Crippen molar-refractivity contribution in [3.05, 3.63) is 46.8 Å². The first-order valence-electron chi connectivity index (χ1n) is 4.94. The number of halogens is 3. The van der Waals surface area contributed by atoms with Crippen molar-refractivity contribution in [2.24, 2.45) is 5.73 Å². The summed E-state index contributed by atoms with van der Waals surface area (Å²) in [6.45, 7) is 4.04. The Balaban J connectivity index is 2.63. The molecule has 3 nitrogen and oxygen atoms in total. The van der Waals surface area contributed by atoms with Crippen molar-refractivity contribution >= 4 is 11.6 Å². The Hall–Kier alpha value is -1.33. The average molecular weight is 263 g/mol. The van der Waals surface area contributed by atoms with Crippen molar-refractivity contribution < 1.29 is 13.5 Å². The lowest BCUT2D eigenvalue weighted by Crippen LogP contribution is -2.19. The van der Waals surface area contributed by atoms with Gasteiger partial charge >= 0.3 is 0 Å². The van der Waals surface area contributed by atoms with Gasteiger partial charge in [-0.25, -0.2) is 8.78 Å². The predicted molar refractivity (Wildman–Crippen MR) is 62.4 cm³/mol. The molecule has 0 aliphatic heterocycles. The van der Waals surface area contributed by atoms with Crippen LogP contribution in [0, 0.1) is 11.6 Å². The third-order valence-corrected chi connectivity index (χ3v) is 2.29. The Kier molecular flexibility index (Phi) is 5.18. The molecule has 0 saturated carbocycles. The zero-order valence-corrected chi connectivity index (χ0v) is 9.86. The predicted octanol–water partition coefficient (Wildman–Crippen LogP) is 2.15. The van der Waals surface area contributed by atoms with E-state index >= 15 is 0 Å². The van der Waals surface area contributed by atoms with Gasteiger partial charge in [0.15, 0.2) is 5.88 Å². The van der Waals surface area contributed by atoms with Crippen molar-refractivity contribution in [3.63, 3.8) is 0 Å². The standard InChI is InChI=1S/C11H13ClF2N2O/c1-7(17-5-4-15)16-6-8-10(13)3-2-9(12)11(8)14/h2-3,16H,1,4-6,15H2. The molecule has 6 heteroatoms. The summed E-state index contributed by atoms with van der Waals surface area (Å²) in [5.41, 5.74) is 5.06. The maximum absolute atomic E-state index is 13.5. The molecule has 0 unspecified atom stereocenters. The van der Waals surface area contributed by atoms with Gasteiger partial charge in [-0.2, -0.15) is 0 Å². The molecule has 0 aromatic heterocycles. The fourth-order valence-electron chi connectivity index (χ4n) is 1.15. The minimum absolute atomic E-state index is 0.0956. The topological polar surface area (TPSA) is 47.3 Å². The van der Waals surface area contributed by atoms with E-state index in [-0.39, 0.29) is 29.6 Å². The van der Waals surface area contributed by atoms with Gasteiger partial charge in [-0.3, -0.25) is 0 Å².